The minimum atomic E-state index is -0.517. The van der Waals surface area contributed by atoms with E-state index in [0.29, 0.717) is 5.69 Å². The summed E-state index contributed by atoms with van der Waals surface area (Å²) >= 11 is 0. The van der Waals surface area contributed by atoms with Crippen LogP contribution in [0.1, 0.15) is 0 Å². The van der Waals surface area contributed by atoms with E-state index < -0.39 is 5.82 Å². The number of hydrogen-bond donors (Lipinski definition) is 2. The van der Waals surface area contributed by atoms with Crippen molar-refractivity contribution in [1.82, 2.24) is 25.5 Å². The number of hydrogen-bond acceptors (Lipinski definition) is 5. The monoisotopic (exact) mass is 250 g/mol. The van der Waals surface area contributed by atoms with Crippen molar-refractivity contribution in [2.45, 2.75) is 0 Å². The maximum Gasteiger partial charge on any atom is 0.238 e. The summed E-state index contributed by atoms with van der Waals surface area (Å²) in [5, 5.41) is 15.8. The molecule has 0 aliphatic heterocycles. The lowest BCUT2D eigenvalue weighted by atomic mass is 10.2. The molecule has 0 saturated heterocycles. The zero-order valence-corrected chi connectivity index (χ0v) is 9.59. The fourth-order valence-electron chi connectivity index (χ4n) is 1.39. The van der Waals surface area contributed by atoms with Crippen molar-refractivity contribution in [2.24, 2.45) is 0 Å². The molecule has 2 N–H and O–H groups in total. The second-order valence-electron chi connectivity index (χ2n) is 3.50. The predicted molar refractivity (Wildman–Crippen MR) is 61.7 cm³/mol. The SMILES string of the molecule is CNCC(=O)Nc1cc(-n2cnnn2)ccc1F. The number of tetrazole rings is 1. The molecule has 1 aromatic carbocycles. The van der Waals surface area contributed by atoms with Gasteiger partial charge >= 0.3 is 0 Å². The minimum Gasteiger partial charge on any atom is -0.322 e. The molecule has 2 rings (SSSR count). The number of aromatic nitrogens is 4. The third-order valence-electron chi connectivity index (χ3n) is 2.17. The Bertz CT molecular complexity index is 541. The average Bonchev–Trinajstić information content (AvgIpc) is 2.86. The topological polar surface area (TPSA) is 84.7 Å². The van der Waals surface area contributed by atoms with Crippen LogP contribution < -0.4 is 10.6 Å². The zero-order chi connectivity index (χ0) is 13.0. The van der Waals surface area contributed by atoms with Gasteiger partial charge in [0.25, 0.3) is 0 Å². The van der Waals surface area contributed by atoms with E-state index in [0.717, 1.165) is 0 Å². The van der Waals surface area contributed by atoms with Crippen LogP contribution in [0.4, 0.5) is 10.1 Å². The van der Waals surface area contributed by atoms with E-state index in [2.05, 4.69) is 26.2 Å². The molecular weight excluding hydrogens is 239 g/mol. The summed E-state index contributed by atoms with van der Waals surface area (Å²) < 4.78 is 14.9. The van der Waals surface area contributed by atoms with Crippen LogP contribution >= 0.6 is 0 Å². The maximum absolute atomic E-state index is 13.5. The van der Waals surface area contributed by atoms with Crippen LogP contribution in [0.5, 0.6) is 0 Å². The third kappa shape index (κ3) is 2.66. The van der Waals surface area contributed by atoms with Crippen molar-refractivity contribution in [2.75, 3.05) is 18.9 Å². The van der Waals surface area contributed by atoms with E-state index in [1.165, 1.54) is 29.2 Å². The first-order valence-corrected chi connectivity index (χ1v) is 5.18. The Hall–Kier alpha value is -2.35. The Kier molecular flexibility index (Phi) is 3.58. The van der Waals surface area contributed by atoms with Crippen LogP contribution in [0.2, 0.25) is 0 Å². The molecule has 0 atom stereocenters. The number of benzene rings is 1. The summed E-state index contributed by atoms with van der Waals surface area (Å²) in [4.78, 5) is 11.4. The molecule has 18 heavy (non-hydrogen) atoms. The summed E-state index contributed by atoms with van der Waals surface area (Å²) in [5.74, 6) is -0.846. The first-order valence-electron chi connectivity index (χ1n) is 5.18. The molecular formula is C10H11FN6O. The largest absolute Gasteiger partial charge is 0.322 e. The lowest BCUT2D eigenvalue weighted by molar-refractivity contribution is -0.115. The van der Waals surface area contributed by atoms with Crippen LogP contribution in [0, 0.1) is 5.82 Å². The molecule has 7 nitrogen and oxygen atoms in total. The summed E-state index contributed by atoms with van der Waals surface area (Å²) in [6.07, 6.45) is 1.38. The van der Waals surface area contributed by atoms with Crippen LogP contribution in [0.15, 0.2) is 24.5 Å². The number of nitrogens with zero attached hydrogens (tertiary/aromatic N) is 4. The number of likely N-dealkylation sites (N-methyl/N-ethyl adjacent to an activating group) is 1. The summed E-state index contributed by atoms with van der Waals surface area (Å²) in [5.41, 5.74) is 0.643. The molecule has 0 fully saturated rings. The molecule has 0 saturated carbocycles. The molecule has 0 aliphatic carbocycles. The zero-order valence-electron chi connectivity index (χ0n) is 9.59. The third-order valence-corrected chi connectivity index (χ3v) is 2.17. The minimum absolute atomic E-state index is 0.0863. The van der Waals surface area contributed by atoms with Crippen molar-refractivity contribution in [1.29, 1.82) is 0 Å². The lowest BCUT2D eigenvalue weighted by Crippen LogP contribution is -2.25. The van der Waals surface area contributed by atoms with Gasteiger partial charge in [0, 0.05) is 0 Å². The normalized spacial score (nSPS) is 10.3. The van der Waals surface area contributed by atoms with Gasteiger partial charge in [-0.2, -0.15) is 0 Å². The van der Waals surface area contributed by atoms with Gasteiger partial charge in [-0.1, -0.05) is 0 Å². The van der Waals surface area contributed by atoms with Crippen molar-refractivity contribution < 1.29 is 9.18 Å². The van der Waals surface area contributed by atoms with Crippen molar-refractivity contribution >= 4 is 11.6 Å². The Labute approximate surface area is 102 Å². The van der Waals surface area contributed by atoms with Crippen molar-refractivity contribution in [3.05, 3.63) is 30.3 Å². The van der Waals surface area contributed by atoms with Gasteiger partial charge in [0.1, 0.15) is 12.1 Å². The van der Waals surface area contributed by atoms with E-state index in [1.807, 2.05) is 0 Å². The fraction of sp³-hybridized carbons (Fsp3) is 0.200. The number of carbonyl (C=O) groups is 1. The number of carbonyl (C=O) groups excluding carboxylic acids is 1. The van der Waals surface area contributed by atoms with Crippen LogP contribution in [0.25, 0.3) is 5.69 Å². The summed E-state index contributed by atoms with van der Waals surface area (Å²) in [6, 6.07) is 4.21. The first kappa shape index (κ1) is 12.1. The van der Waals surface area contributed by atoms with Gasteiger partial charge in [-0.3, -0.25) is 4.79 Å². The number of amides is 1. The lowest BCUT2D eigenvalue weighted by Gasteiger charge is -2.08. The highest BCUT2D eigenvalue weighted by atomic mass is 19.1. The van der Waals surface area contributed by atoms with Gasteiger partial charge in [-0.05, 0) is 35.7 Å². The van der Waals surface area contributed by atoms with Gasteiger partial charge in [0.05, 0.1) is 17.9 Å². The van der Waals surface area contributed by atoms with Gasteiger partial charge in [-0.15, -0.1) is 5.10 Å². The Morgan fingerprint density at radius 2 is 2.33 bits per heavy atom. The second kappa shape index (κ2) is 5.32. The molecule has 0 bridgehead atoms. The molecule has 0 aliphatic rings. The van der Waals surface area contributed by atoms with Crippen LogP contribution in [-0.4, -0.2) is 39.7 Å². The Morgan fingerprint density at radius 1 is 1.50 bits per heavy atom. The molecule has 0 radical (unpaired) electrons. The Balaban J connectivity index is 2.24. The second-order valence-corrected chi connectivity index (χ2v) is 3.50. The van der Waals surface area contributed by atoms with Gasteiger partial charge in [-0.25, -0.2) is 9.07 Å². The maximum atomic E-state index is 13.5. The van der Waals surface area contributed by atoms with Crippen LogP contribution in [-0.2, 0) is 4.79 Å². The van der Waals surface area contributed by atoms with Crippen molar-refractivity contribution in [3.8, 4) is 5.69 Å². The molecule has 1 heterocycles. The smallest absolute Gasteiger partial charge is 0.238 e. The van der Waals surface area contributed by atoms with Gasteiger partial charge in [0.2, 0.25) is 5.91 Å². The summed E-state index contributed by atoms with van der Waals surface area (Å²) in [6.45, 7) is 0.106. The molecule has 1 amide bonds. The van der Waals surface area contributed by atoms with E-state index in [1.54, 1.807) is 7.05 Å². The van der Waals surface area contributed by atoms with Crippen molar-refractivity contribution in [3.63, 3.8) is 0 Å². The molecule has 2 aromatic rings. The number of halogens is 1. The quantitative estimate of drug-likeness (QED) is 0.795. The number of anilines is 1. The molecule has 8 heteroatoms. The number of nitrogens with one attached hydrogen (secondary N) is 2. The first-order chi connectivity index (χ1) is 8.70. The standard InChI is InChI=1S/C10H11FN6O/c1-12-5-10(18)14-9-4-7(2-3-8(9)11)17-6-13-15-16-17/h2-4,6,12H,5H2,1H3,(H,14,18). The Morgan fingerprint density at radius 3 is 3.00 bits per heavy atom. The molecule has 94 valence electrons. The van der Waals surface area contributed by atoms with Gasteiger partial charge in [0.15, 0.2) is 0 Å². The van der Waals surface area contributed by atoms with E-state index >= 15 is 0 Å². The van der Waals surface area contributed by atoms with E-state index in [-0.39, 0.29) is 18.1 Å². The molecule has 0 spiro atoms. The summed E-state index contributed by atoms with van der Waals surface area (Å²) in [7, 11) is 1.63. The fourth-order valence-corrected chi connectivity index (χ4v) is 1.39. The van der Waals surface area contributed by atoms with Crippen LogP contribution in [0.3, 0.4) is 0 Å². The average molecular weight is 250 g/mol. The van der Waals surface area contributed by atoms with E-state index in [9.17, 15) is 9.18 Å². The highest BCUT2D eigenvalue weighted by Gasteiger charge is 2.08. The van der Waals surface area contributed by atoms with E-state index in [4.69, 9.17) is 0 Å². The molecule has 0 unspecified atom stereocenters. The predicted octanol–water partition coefficient (Wildman–Crippen LogP) is -0.0407. The number of rotatable bonds is 4. The highest BCUT2D eigenvalue weighted by molar-refractivity contribution is 5.92. The highest BCUT2D eigenvalue weighted by Crippen LogP contribution is 2.17. The van der Waals surface area contributed by atoms with Gasteiger partial charge < -0.3 is 10.6 Å². The molecule has 1 aromatic heterocycles.